The summed E-state index contributed by atoms with van der Waals surface area (Å²) in [5, 5.41) is 0. The summed E-state index contributed by atoms with van der Waals surface area (Å²) in [4.78, 5) is 2.57. The molecule has 1 aromatic carbocycles. The summed E-state index contributed by atoms with van der Waals surface area (Å²) in [7, 11) is 0. The van der Waals surface area contributed by atoms with E-state index in [1.807, 2.05) is 0 Å². The molecule has 0 spiro atoms. The Hall–Kier alpha value is -0.860. The molecular formula is C15H24N2. The van der Waals surface area contributed by atoms with Crippen LogP contribution in [0.5, 0.6) is 0 Å². The molecule has 0 aromatic heterocycles. The topological polar surface area (TPSA) is 29.3 Å². The maximum absolute atomic E-state index is 6.11. The van der Waals surface area contributed by atoms with Gasteiger partial charge in [0.1, 0.15) is 0 Å². The third kappa shape index (κ3) is 3.08. The normalized spacial score (nSPS) is 27.2. The third-order valence-corrected chi connectivity index (χ3v) is 4.00. The minimum atomic E-state index is 0.361. The van der Waals surface area contributed by atoms with Crippen LogP contribution in [0, 0.1) is 5.92 Å². The van der Waals surface area contributed by atoms with Gasteiger partial charge in [0.25, 0.3) is 0 Å². The fraction of sp³-hybridized carbons (Fsp3) is 0.600. The number of nitrogens with two attached hydrogens (primary N) is 1. The molecule has 1 fully saturated rings. The minimum Gasteiger partial charge on any atom is -0.326 e. The Balaban J connectivity index is 1.98. The van der Waals surface area contributed by atoms with Crippen LogP contribution in [0.25, 0.3) is 0 Å². The second kappa shape index (κ2) is 5.65. The predicted molar refractivity (Wildman–Crippen MR) is 72.9 cm³/mol. The number of nitrogens with zero attached hydrogens (tertiary/aromatic N) is 1. The highest BCUT2D eigenvalue weighted by Crippen LogP contribution is 2.21. The van der Waals surface area contributed by atoms with Crippen LogP contribution >= 0.6 is 0 Å². The van der Waals surface area contributed by atoms with Crippen LogP contribution in [0.15, 0.2) is 30.3 Å². The quantitative estimate of drug-likeness (QED) is 0.863. The van der Waals surface area contributed by atoms with Crippen molar-refractivity contribution in [2.24, 2.45) is 11.7 Å². The lowest BCUT2D eigenvalue weighted by Crippen LogP contribution is -2.36. The maximum atomic E-state index is 6.11. The van der Waals surface area contributed by atoms with Gasteiger partial charge in [-0.25, -0.2) is 0 Å². The first-order valence-corrected chi connectivity index (χ1v) is 6.74. The highest BCUT2D eigenvalue weighted by Gasteiger charge is 2.30. The van der Waals surface area contributed by atoms with E-state index in [1.165, 1.54) is 12.0 Å². The molecular weight excluding hydrogens is 208 g/mol. The zero-order valence-electron chi connectivity index (χ0n) is 11.0. The molecule has 2 rings (SSSR count). The zero-order chi connectivity index (χ0) is 12.3. The van der Waals surface area contributed by atoms with Crippen molar-refractivity contribution in [2.45, 2.75) is 38.8 Å². The average Bonchev–Trinajstić information content (AvgIpc) is 2.68. The standard InChI is InChI=1S/C15H24N2/c1-3-14(9-13-7-5-4-6-8-13)17-10-12(2)15(16)11-17/h4-8,12,14-15H,3,9-11,16H2,1-2H3. The monoisotopic (exact) mass is 232 g/mol. The first kappa shape index (κ1) is 12.6. The van der Waals surface area contributed by atoms with Gasteiger partial charge in [-0.2, -0.15) is 0 Å². The van der Waals surface area contributed by atoms with Crippen LogP contribution in [-0.2, 0) is 6.42 Å². The molecule has 0 radical (unpaired) electrons. The van der Waals surface area contributed by atoms with Gasteiger partial charge in [0.05, 0.1) is 0 Å². The van der Waals surface area contributed by atoms with Gasteiger partial charge in [-0.1, -0.05) is 44.2 Å². The smallest absolute Gasteiger partial charge is 0.0206 e. The van der Waals surface area contributed by atoms with Gasteiger partial charge < -0.3 is 5.73 Å². The van der Waals surface area contributed by atoms with Crippen LogP contribution in [0.2, 0.25) is 0 Å². The van der Waals surface area contributed by atoms with Crippen LogP contribution in [0.1, 0.15) is 25.8 Å². The van der Waals surface area contributed by atoms with Gasteiger partial charge in [-0.3, -0.25) is 4.90 Å². The lowest BCUT2D eigenvalue weighted by Gasteiger charge is -2.27. The zero-order valence-corrected chi connectivity index (χ0v) is 11.0. The Labute approximate surface area is 105 Å². The molecule has 1 aliphatic heterocycles. The fourth-order valence-corrected chi connectivity index (χ4v) is 2.75. The molecule has 2 heteroatoms. The van der Waals surface area contributed by atoms with Crippen molar-refractivity contribution in [1.29, 1.82) is 0 Å². The molecule has 1 aromatic rings. The first-order chi connectivity index (χ1) is 8.20. The highest BCUT2D eigenvalue weighted by molar-refractivity contribution is 5.16. The van der Waals surface area contributed by atoms with E-state index in [0.29, 0.717) is 18.0 Å². The van der Waals surface area contributed by atoms with Crippen molar-refractivity contribution in [3.05, 3.63) is 35.9 Å². The highest BCUT2D eigenvalue weighted by atomic mass is 15.2. The first-order valence-electron chi connectivity index (χ1n) is 6.74. The second-order valence-corrected chi connectivity index (χ2v) is 5.35. The van der Waals surface area contributed by atoms with Gasteiger partial charge >= 0.3 is 0 Å². The van der Waals surface area contributed by atoms with E-state index in [4.69, 9.17) is 5.73 Å². The second-order valence-electron chi connectivity index (χ2n) is 5.35. The van der Waals surface area contributed by atoms with E-state index in [9.17, 15) is 0 Å². The molecule has 3 unspecified atom stereocenters. The summed E-state index contributed by atoms with van der Waals surface area (Å²) in [5.41, 5.74) is 7.55. The molecule has 17 heavy (non-hydrogen) atoms. The minimum absolute atomic E-state index is 0.361. The predicted octanol–water partition coefficient (Wildman–Crippen LogP) is 2.29. The molecule has 3 atom stereocenters. The summed E-state index contributed by atoms with van der Waals surface area (Å²) in [6.07, 6.45) is 2.35. The molecule has 94 valence electrons. The van der Waals surface area contributed by atoms with E-state index in [0.717, 1.165) is 19.5 Å². The molecule has 0 saturated carbocycles. The summed E-state index contributed by atoms with van der Waals surface area (Å²) in [6, 6.07) is 11.8. The Bertz CT molecular complexity index is 326. The largest absolute Gasteiger partial charge is 0.326 e. The summed E-state index contributed by atoms with van der Waals surface area (Å²) in [6.45, 7) is 6.76. The molecule has 2 nitrogen and oxygen atoms in total. The number of hydrogen-bond donors (Lipinski definition) is 1. The van der Waals surface area contributed by atoms with Gasteiger partial charge in [0.15, 0.2) is 0 Å². The average molecular weight is 232 g/mol. The van der Waals surface area contributed by atoms with Crippen molar-refractivity contribution in [2.75, 3.05) is 13.1 Å². The molecule has 1 heterocycles. The number of likely N-dealkylation sites (tertiary alicyclic amines) is 1. The van der Waals surface area contributed by atoms with Crippen LogP contribution in [0.4, 0.5) is 0 Å². The van der Waals surface area contributed by atoms with Crippen molar-refractivity contribution < 1.29 is 0 Å². The molecule has 0 aliphatic carbocycles. The Morgan fingerprint density at radius 2 is 2.00 bits per heavy atom. The van der Waals surface area contributed by atoms with Gasteiger partial charge in [0.2, 0.25) is 0 Å². The Morgan fingerprint density at radius 3 is 2.53 bits per heavy atom. The molecule has 1 saturated heterocycles. The van der Waals surface area contributed by atoms with Crippen LogP contribution < -0.4 is 5.73 Å². The van der Waals surface area contributed by atoms with Crippen molar-refractivity contribution in [1.82, 2.24) is 4.90 Å². The molecule has 1 aliphatic rings. The fourth-order valence-electron chi connectivity index (χ4n) is 2.75. The van der Waals surface area contributed by atoms with E-state index < -0.39 is 0 Å². The van der Waals surface area contributed by atoms with Gasteiger partial charge in [0, 0.05) is 25.2 Å². The van der Waals surface area contributed by atoms with E-state index in [-0.39, 0.29) is 0 Å². The molecule has 0 bridgehead atoms. The van der Waals surface area contributed by atoms with Crippen molar-refractivity contribution in [3.63, 3.8) is 0 Å². The maximum Gasteiger partial charge on any atom is 0.0206 e. The van der Waals surface area contributed by atoms with Crippen molar-refractivity contribution >= 4 is 0 Å². The van der Waals surface area contributed by atoms with Crippen LogP contribution in [-0.4, -0.2) is 30.1 Å². The number of benzene rings is 1. The lowest BCUT2D eigenvalue weighted by atomic mass is 10.0. The molecule has 0 amide bonds. The molecule has 2 N–H and O–H groups in total. The Kier molecular flexibility index (Phi) is 4.19. The van der Waals surface area contributed by atoms with Gasteiger partial charge in [-0.05, 0) is 24.3 Å². The van der Waals surface area contributed by atoms with E-state index >= 15 is 0 Å². The summed E-state index contributed by atoms with van der Waals surface area (Å²) >= 11 is 0. The Morgan fingerprint density at radius 1 is 1.29 bits per heavy atom. The van der Waals surface area contributed by atoms with Crippen molar-refractivity contribution in [3.8, 4) is 0 Å². The van der Waals surface area contributed by atoms with E-state index in [2.05, 4.69) is 49.1 Å². The SMILES string of the molecule is CCC(Cc1ccccc1)N1CC(C)C(N)C1. The third-order valence-electron chi connectivity index (χ3n) is 4.00. The lowest BCUT2D eigenvalue weighted by molar-refractivity contribution is 0.226. The van der Waals surface area contributed by atoms with Gasteiger partial charge in [-0.15, -0.1) is 0 Å². The summed E-state index contributed by atoms with van der Waals surface area (Å²) in [5.74, 6) is 0.639. The number of hydrogen-bond acceptors (Lipinski definition) is 2. The number of rotatable bonds is 4. The van der Waals surface area contributed by atoms with E-state index in [1.54, 1.807) is 0 Å². The summed E-state index contributed by atoms with van der Waals surface area (Å²) < 4.78 is 0. The van der Waals surface area contributed by atoms with Crippen LogP contribution in [0.3, 0.4) is 0 Å².